The van der Waals surface area contributed by atoms with Crippen LogP contribution in [0.25, 0.3) is 123 Å². The normalized spacial score (nSPS) is 11.8. The quantitative estimate of drug-likeness (QED) is 0.166. The van der Waals surface area contributed by atoms with Gasteiger partial charge in [-0.05, 0) is 77.9 Å². The molecule has 8 nitrogen and oxygen atoms in total. The van der Waals surface area contributed by atoms with Gasteiger partial charge in [-0.25, -0.2) is 19.9 Å². The Morgan fingerprint density at radius 2 is 1.05 bits per heavy atom. The molecule has 7 aromatic carbocycles. The first-order chi connectivity index (χ1) is 31.2. The van der Waals surface area contributed by atoms with Crippen LogP contribution in [-0.2, 0) is 0 Å². The second-order valence-electron chi connectivity index (χ2n) is 15.7. The van der Waals surface area contributed by atoms with Crippen molar-refractivity contribution in [1.29, 1.82) is 0 Å². The van der Waals surface area contributed by atoms with Gasteiger partial charge < -0.3 is 8.98 Å². The number of furan rings is 1. The van der Waals surface area contributed by atoms with Crippen LogP contribution in [0.4, 0.5) is 0 Å². The molecule has 13 aromatic rings. The lowest BCUT2D eigenvalue weighted by Gasteiger charge is -2.11. The highest BCUT2D eigenvalue weighted by atomic mass is 16.3. The molecule has 0 aliphatic heterocycles. The van der Waals surface area contributed by atoms with Gasteiger partial charge in [0.15, 0.2) is 23.1 Å². The summed E-state index contributed by atoms with van der Waals surface area (Å²) in [4.78, 5) is 24.7. The molecule has 0 saturated carbocycles. The molecule has 8 heteroatoms. The van der Waals surface area contributed by atoms with E-state index in [2.05, 4.69) is 123 Å². The van der Waals surface area contributed by atoms with Gasteiger partial charge in [0.2, 0.25) is 0 Å². The lowest BCUT2D eigenvalue weighted by atomic mass is 9.98. The molecular weight excluding hydrogens is 775 g/mol. The lowest BCUT2D eigenvalue weighted by molar-refractivity contribution is 0.668. The molecule has 294 valence electrons. The van der Waals surface area contributed by atoms with Crippen molar-refractivity contribution in [1.82, 2.24) is 34.1 Å². The van der Waals surface area contributed by atoms with Crippen molar-refractivity contribution >= 4 is 65.7 Å². The molecule has 0 atom stereocenters. The maximum absolute atomic E-state index is 6.30. The van der Waals surface area contributed by atoms with Crippen LogP contribution < -0.4 is 0 Å². The molecule has 0 saturated heterocycles. The van der Waals surface area contributed by atoms with E-state index >= 15 is 0 Å². The third kappa shape index (κ3) is 5.58. The summed E-state index contributed by atoms with van der Waals surface area (Å²) in [6.45, 7) is 0. The Hall–Kier alpha value is -8.75. The summed E-state index contributed by atoms with van der Waals surface area (Å²) in [5.41, 5.74) is 12.6. The minimum Gasteiger partial charge on any atom is -0.454 e. The largest absolute Gasteiger partial charge is 0.454 e. The molecule has 13 rings (SSSR count). The van der Waals surface area contributed by atoms with E-state index in [-0.39, 0.29) is 0 Å². The zero-order valence-corrected chi connectivity index (χ0v) is 33.6. The van der Waals surface area contributed by atoms with Crippen molar-refractivity contribution in [3.8, 4) is 56.9 Å². The molecule has 0 N–H and O–H groups in total. The van der Waals surface area contributed by atoms with Gasteiger partial charge in [0.1, 0.15) is 22.6 Å². The molecule has 0 amide bonds. The van der Waals surface area contributed by atoms with Crippen molar-refractivity contribution in [2.24, 2.45) is 0 Å². The first-order valence-electron chi connectivity index (χ1n) is 20.9. The van der Waals surface area contributed by atoms with Crippen molar-refractivity contribution in [2.75, 3.05) is 0 Å². The number of hydrogen-bond acceptors (Lipinski definition) is 6. The van der Waals surface area contributed by atoms with Crippen LogP contribution in [0.5, 0.6) is 0 Å². The molecule has 63 heavy (non-hydrogen) atoms. The predicted molar refractivity (Wildman–Crippen MR) is 253 cm³/mol. The van der Waals surface area contributed by atoms with Crippen LogP contribution in [0.3, 0.4) is 0 Å². The number of nitrogens with zero attached hydrogens (tertiary/aromatic N) is 7. The number of benzene rings is 7. The third-order valence-corrected chi connectivity index (χ3v) is 12.0. The summed E-state index contributed by atoms with van der Waals surface area (Å²) in [6.07, 6.45) is 1.81. The highest BCUT2D eigenvalue weighted by Crippen LogP contribution is 2.42. The van der Waals surface area contributed by atoms with Gasteiger partial charge >= 0.3 is 0 Å². The fourth-order valence-electron chi connectivity index (χ4n) is 9.24. The van der Waals surface area contributed by atoms with Crippen LogP contribution in [0.2, 0.25) is 0 Å². The maximum atomic E-state index is 6.30. The molecule has 0 fully saturated rings. The summed E-state index contributed by atoms with van der Waals surface area (Å²) >= 11 is 0. The van der Waals surface area contributed by atoms with E-state index < -0.39 is 0 Å². The minimum absolute atomic E-state index is 0.509. The van der Waals surface area contributed by atoms with Crippen LogP contribution >= 0.6 is 0 Å². The molecule has 0 aliphatic rings. The number of pyridine rings is 2. The summed E-state index contributed by atoms with van der Waals surface area (Å²) in [6, 6.07) is 67.0. The van der Waals surface area contributed by atoms with Gasteiger partial charge in [-0.2, -0.15) is 0 Å². The molecule has 6 heterocycles. The Labute approximate surface area is 360 Å². The molecular formula is C55H33N7O. The van der Waals surface area contributed by atoms with Gasteiger partial charge in [-0.3, -0.25) is 9.55 Å². The third-order valence-electron chi connectivity index (χ3n) is 12.0. The highest BCUT2D eigenvalue weighted by Gasteiger charge is 2.20. The van der Waals surface area contributed by atoms with Crippen molar-refractivity contribution < 1.29 is 4.42 Å². The number of rotatable bonds is 6. The van der Waals surface area contributed by atoms with Crippen molar-refractivity contribution in [3.63, 3.8) is 0 Å². The molecule has 6 aromatic heterocycles. The first-order valence-corrected chi connectivity index (χ1v) is 20.9. The van der Waals surface area contributed by atoms with Gasteiger partial charge in [0.05, 0.1) is 22.1 Å². The smallest absolute Gasteiger partial charge is 0.182 e. The standard InChI is InChI=1S/C55H33N7O/c1-3-14-34(15-4-1)53-58-54(35-16-5-2-6-17-35)60-55(59-53)43-21-12-26-50(57-43)62-44-22-9-7-18-39(44)42-32-36(27-30-46(42)62)38-20-11-24-47-51(38)40-19-8-10-23-45(40)61(47)37-28-29-41-49(33-37)63-48-25-13-31-56-52(41)48/h1-33H. The summed E-state index contributed by atoms with van der Waals surface area (Å²) < 4.78 is 10.9. The maximum Gasteiger partial charge on any atom is 0.182 e. The average molecular weight is 808 g/mol. The van der Waals surface area contributed by atoms with Crippen LogP contribution in [-0.4, -0.2) is 34.1 Å². The Morgan fingerprint density at radius 3 is 1.84 bits per heavy atom. The Morgan fingerprint density at radius 1 is 0.381 bits per heavy atom. The summed E-state index contributed by atoms with van der Waals surface area (Å²) in [5.74, 6) is 2.48. The summed E-state index contributed by atoms with van der Waals surface area (Å²) in [7, 11) is 0. The van der Waals surface area contributed by atoms with E-state index in [0.29, 0.717) is 23.2 Å². The number of fused-ring (bicyclic) bond motifs is 9. The topological polar surface area (TPSA) is 87.5 Å². The van der Waals surface area contributed by atoms with Crippen LogP contribution in [0.1, 0.15) is 0 Å². The van der Waals surface area contributed by atoms with E-state index in [4.69, 9.17) is 24.4 Å². The second kappa shape index (κ2) is 13.9. The first kappa shape index (κ1) is 35.0. The Bertz CT molecular complexity index is 3870. The molecule has 0 radical (unpaired) electrons. The average Bonchev–Trinajstić information content (AvgIpc) is 4.02. The molecule has 0 unspecified atom stereocenters. The number of para-hydroxylation sites is 2. The van der Waals surface area contributed by atoms with Crippen molar-refractivity contribution in [2.45, 2.75) is 0 Å². The van der Waals surface area contributed by atoms with Gasteiger partial charge in [-0.1, -0.05) is 121 Å². The predicted octanol–water partition coefficient (Wildman–Crippen LogP) is 13.4. The van der Waals surface area contributed by atoms with E-state index in [1.807, 2.05) is 91.1 Å². The SMILES string of the molecule is c1ccc(-c2nc(-c3ccccc3)nc(-c3cccc(-n4c5ccccc5c5cc(-c6cccc7c6c6ccccc6n7-c6ccc7c(c6)oc6cccnc67)ccc54)n3)n2)cc1. The zero-order chi connectivity index (χ0) is 41.4. The van der Waals surface area contributed by atoms with Crippen LogP contribution in [0.15, 0.2) is 205 Å². The fraction of sp³-hybridized carbons (Fsp3) is 0. The molecule has 0 spiro atoms. The fourth-order valence-corrected chi connectivity index (χ4v) is 9.24. The summed E-state index contributed by atoms with van der Waals surface area (Å²) in [5, 5.41) is 5.66. The highest BCUT2D eigenvalue weighted by molar-refractivity contribution is 6.17. The minimum atomic E-state index is 0.509. The van der Waals surface area contributed by atoms with Crippen LogP contribution in [0, 0.1) is 0 Å². The van der Waals surface area contributed by atoms with Gasteiger partial charge in [-0.15, -0.1) is 0 Å². The number of hydrogen-bond donors (Lipinski definition) is 0. The molecule has 0 aliphatic carbocycles. The van der Waals surface area contributed by atoms with E-state index in [1.54, 1.807) is 0 Å². The lowest BCUT2D eigenvalue weighted by Crippen LogP contribution is -2.03. The van der Waals surface area contributed by atoms with Gasteiger partial charge in [0.25, 0.3) is 0 Å². The van der Waals surface area contributed by atoms with E-state index in [9.17, 15) is 0 Å². The number of aromatic nitrogens is 7. The monoisotopic (exact) mass is 807 g/mol. The van der Waals surface area contributed by atoms with E-state index in [1.165, 1.54) is 10.8 Å². The Balaban J connectivity index is 0.962. The van der Waals surface area contributed by atoms with E-state index in [0.717, 1.165) is 88.7 Å². The zero-order valence-electron chi connectivity index (χ0n) is 33.6. The Kier molecular flexibility index (Phi) is 7.74. The van der Waals surface area contributed by atoms with Crippen molar-refractivity contribution in [3.05, 3.63) is 200 Å². The van der Waals surface area contributed by atoms with Gasteiger partial charge in [0, 0.05) is 56.0 Å². The molecule has 0 bridgehead atoms. The second-order valence-corrected chi connectivity index (χ2v) is 15.7.